The van der Waals surface area contributed by atoms with Crippen LogP contribution in [0.25, 0.3) is 0 Å². The van der Waals surface area contributed by atoms with Gasteiger partial charge in [-0.1, -0.05) is 61.9 Å². The van der Waals surface area contributed by atoms with Gasteiger partial charge in [-0.25, -0.2) is 10.7 Å². The first-order valence-corrected chi connectivity index (χ1v) is 7.18. The zero-order chi connectivity index (χ0) is 14.9. The van der Waals surface area contributed by atoms with Gasteiger partial charge in [0.1, 0.15) is 0 Å². The summed E-state index contributed by atoms with van der Waals surface area (Å²) in [5, 5.41) is 1.29. The molecule has 2 rings (SSSR count). The lowest BCUT2D eigenvalue weighted by molar-refractivity contribution is -0.0724. The fraction of sp³-hybridized carbons (Fsp3) is 0.294. The van der Waals surface area contributed by atoms with Gasteiger partial charge < -0.3 is 4.74 Å². The van der Waals surface area contributed by atoms with Crippen molar-refractivity contribution in [3.63, 3.8) is 0 Å². The maximum absolute atomic E-state index is 5.94. The SMILES string of the molecule is CCCc1ccccc1N(N)OCOCc1ccccc1. The molecule has 2 N–H and O–H groups in total. The Kier molecular flexibility index (Phi) is 6.22. The lowest BCUT2D eigenvalue weighted by Gasteiger charge is -2.20. The maximum atomic E-state index is 5.94. The topological polar surface area (TPSA) is 47.7 Å². The normalized spacial score (nSPS) is 10.6. The number of aryl methyl sites for hydroxylation is 1. The molecule has 0 amide bonds. The molecule has 4 nitrogen and oxygen atoms in total. The summed E-state index contributed by atoms with van der Waals surface area (Å²) >= 11 is 0. The second-order valence-corrected chi connectivity index (χ2v) is 4.79. The molecule has 0 saturated heterocycles. The number of hydrogen-bond acceptors (Lipinski definition) is 4. The Labute approximate surface area is 126 Å². The van der Waals surface area contributed by atoms with Crippen LogP contribution in [0.3, 0.4) is 0 Å². The maximum Gasteiger partial charge on any atom is 0.175 e. The highest BCUT2D eigenvalue weighted by Crippen LogP contribution is 2.19. The van der Waals surface area contributed by atoms with Gasteiger partial charge in [0.2, 0.25) is 0 Å². The van der Waals surface area contributed by atoms with E-state index in [0.717, 1.165) is 24.1 Å². The van der Waals surface area contributed by atoms with Crippen LogP contribution < -0.4 is 11.0 Å². The Bertz CT molecular complexity index is 531. The zero-order valence-electron chi connectivity index (χ0n) is 12.4. The highest BCUT2D eigenvalue weighted by molar-refractivity contribution is 5.50. The van der Waals surface area contributed by atoms with E-state index in [0.29, 0.717) is 6.61 Å². The fourth-order valence-electron chi connectivity index (χ4n) is 2.10. The minimum atomic E-state index is 0.117. The van der Waals surface area contributed by atoms with Gasteiger partial charge in [-0.3, -0.25) is 0 Å². The third kappa shape index (κ3) is 4.86. The van der Waals surface area contributed by atoms with Crippen LogP contribution in [-0.2, 0) is 22.6 Å². The van der Waals surface area contributed by atoms with E-state index in [9.17, 15) is 0 Å². The van der Waals surface area contributed by atoms with Crippen molar-refractivity contribution < 1.29 is 9.57 Å². The van der Waals surface area contributed by atoms with Crippen LogP contribution in [0.2, 0.25) is 0 Å². The van der Waals surface area contributed by atoms with Crippen LogP contribution >= 0.6 is 0 Å². The largest absolute Gasteiger partial charge is 0.348 e. The molecule has 0 spiro atoms. The summed E-state index contributed by atoms with van der Waals surface area (Å²) in [5.74, 6) is 5.94. The van der Waals surface area contributed by atoms with Crippen molar-refractivity contribution in [1.82, 2.24) is 0 Å². The van der Waals surface area contributed by atoms with E-state index in [1.165, 1.54) is 10.7 Å². The van der Waals surface area contributed by atoms with E-state index in [4.69, 9.17) is 15.4 Å². The van der Waals surface area contributed by atoms with Crippen molar-refractivity contribution in [3.05, 3.63) is 65.7 Å². The fourth-order valence-corrected chi connectivity index (χ4v) is 2.10. The van der Waals surface area contributed by atoms with Gasteiger partial charge in [-0.2, -0.15) is 5.17 Å². The first-order chi connectivity index (χ1) is 10.3. The van der Waals surface area contributed by atoms with Gasteiger partial charge in [0.15, 0.2) is 6.79 Å². The number of nitrogens with zero attached hydrogens (tertiary/aromatic N) is 1. The predicted molar refractivity (Wildman–Crippen MR) is 84.3 cm³/mol. The van der Waals surface area contributed by atoms with E-state index in [2.05, 4.69) is 13.0 Å². The van der Waals surface area contributed by atoms with Crippen LogP contribution in [-0.4, -0.2) is 6.79 Å². The van der Waals surface area contributed by atoms with Gasteiger partial charge in [-0.15, -0.1) is 0 Å². The van der Waals surface area contributed by atoms with Crippen molar-refractivity contribution in [1.29, 1.82) is 0 Å². The quantitative estimate of drug-likeness (QED) is 0.349. The Morgan fingerprint density at radius 2 is 1.71 bits per heavy atom. The molecular formula is C17H22N2O2. The lowest BCUT2D eigenvalue weighted by Crippen LogP contribution is -2.32. The van der Waals surface area contributed by atoms with Gasteiger partial charge in [0, 0.05) is 0 Å². The molecule has 0 radical (unpaired) electrons. The Morgan fingerprint density at radius 3 is 2.48 bits per heavy atom. The molecule has 0 atom stereocenters. The van der Waals surface area contributed by atoms with Crippen molar-refractivity contribution in [2.24, 2.45) is 5.84 Å². The second-order valence-electron chi connectivity index (χ2n) is 4.79. The standard InChI is InChI=1S/C17H22N2O2/c1-2-8-16-11-6-7-12-17(16)19(18)21-14-20-13-15-9-4-3-5-10-15/h3-7,9-12H,2,8,13-14,18H2,1H3. The minimum Gasteiger partial charge on any atom is -0.348 e. The highest BCUT2D eigenvalue weighted by atomic mass is 16.8. The van der Waals surface area contributed by atoms with Crippen molar-refractivity contribution in [3.8, 4) is 0 Å². The predicted octanol–water partition coefficient (Wildman–Crippen LogP) is 3.43. The molecule has 2 aromatic carbocycles. The molecular weight excluding hydrogens is 264 g/mol. The molecule has 21 heavy (non-hydrogen) atoms. The van der Waals surface area contributed by atoms with Gasteiger partial charge in [0.25, 0.3) is 0 Å². The van der Waals surface area contributed by atoms with E-state index in [1.807, 2.05) is 48.5 Å². The molecule has 2 aromatic rings. The monoisotopic (exact) mass is 286 g/mol. The van der Waals surface area contributed by atoms with Crippen molar-refractivity contribution in [2.45, 2.75) is 26.4 Å². The molecule has 0 aliphatic rings. The third-order valence-electron chi connectivity index (χ3n) is 3.14. The highest BCUT2D eigenvalue weighted by Gasteiger charge is 2.07. The number of ether oxygens (including phenoxy) is 1. The van der Waals surface area contributed by atoms with E-state index < -0.39 is 0 Å². The van der Waals surface area contributed by atoms with Crippen LogP contribution in [0, 0.1) is 0 Å². The van der Waals surface area contributed by atoms with Crippen LogP contribution in [0.1, 0.15) is 24.5 Å². The number of para-hydroxylation sites is 1. The smallest absolute Gasteiger partial charge is 0.175 e. The summed E-state index contributed by atoms with van der Waals surface area (Å²) in [7, 11) is 0. The number of hydrazine groups is 1. The molecule has 0 heterocycles. The number of hydrogen-bond donors (Lipinski definition) is 1. The molecule has 4 heteroatoms. The van der Waals surface area contributed by atoms with E-state index in [-0.39, 0.29) is 6.79 Å². The summed E-state index contributed by atoms with van der Waals surface area (Å²) < 4.78 is 5.47. The summed E-state index contributed by atoms with van der Waals surface area (Å²) in [5.41, 5.74) is 3.16. The number of nitrogens with two attached hydrogens (primary N) is 1. The molecule has 112 valence electrons. The van der Waals surface area contributed by atoms with Crippen LogP contribution in [0.5, 0.6) is 0 Å². The molecule has 0 aliphatic heterocycles. The summed E-state index contributed by atoms with van der Waals surface area (Å²) in [4.78, 5) is 5.43. The van der Waals surface area contributed by atoms with Crippen molar-refractivity contribution in [2.75, 3.05) is 12.0 Å². The Morgan fingerprint density at radius 1 is 1.00 bits per heavy atom. The molecule has 0 aliphatic carbocycles. The average Bonchev–Trinajstić information content (AvgIpc) is 2.53. The van der Waals surface area contributed by atoms with E-state index >= 15 is 0 Å². The van der Waals surface area contributed by atoms with E-state index in [1.54, 1.807) is 0 Å². The minimum absolute atomic E-state index is 0.117. The second kappa shape index (κ2) is 8.42. The number of rotatable bonds is 8. The average molecular weight is 286 g/mol. The van der Waals surface area contributed by atoms with Crippen LogP contribution in [0.4, 0.5) is 5.69 Å². The van der Waals surface area contributed by atoms with Gasteiger partial charge in [-0.05, 0) is 23.6 Å². The Hall–Kier alpha value is -1.88. The Balaban J connectivity index is 1.80. The summed E-state index contributed by atoms with van der Waals surface area (Å²) in [6, 6.07) is 17.9. The van der Waals surface area contributed by atoms with Crippen molar-refractivity contribution >= 4 is 5.69 Å². The molecule has 0 fully saturated rings. The lowest BCUT2D eigenvalue weighted by atomic mass is 10.1. The third-order valence-corrected chi connectivity index (χ3v) is 3.14. The molecule has 0 aromatic heterocycles. The molecule has 0 unspecified atom stereocenters. The first-order valence-electron chi connectivity index (χ1n) is 7.18. The van der Waals surface area contributed by atoms with Crippen LogP contribution in [0.15, 0.2) is 54.6 Å². The molecule has 0 saturated carbocycles. The van der Waals surface area contributed by atoms with Gasteiger partial charge in [0.05, 0.1) is 12.3 Å². The first kappa shape index (κ1) is 15.5. The summed E-state index contributed by atoms with van der Waals surface area (Å²) in [6.45, 7) is 2.76. The number of anilines is 1. The van der Waals surface area contributed by atoms with Gasteiger partial charge >= 0.3 is 0 Å². The molecule has 0 bridgehead atoms. The summed E-state index contributed by atoms with van der Waals surface area (Å²) in [6.07, 6.45) is 2.04. The zero-order valence-corrected chi connectivity index (χ0v) is 12.4. The number of benzene rings is 2.